The van der Waals surface area contributed by atoms with Gasteiger partial charge < -0.3 is 10.4 Å². The number of rotatable bonds is 4. The van der Waals surface area contributed by atoms with Gasteiger partial charge in [0.15, 0.2) is 0 Å². The maximum Gasteiger partial charge on any atom is 0.275 e. The van der Waals surface area contributed by atoms with Crippen LogP contribution < -0.4 is 5.32 Å². The minimum atomic E-state index is -0.315. The van der Waals surface area contributed by atoms with E-state index in [4.69, 9.17) is 0 Å². The van der Waals surface area contributed by atoms with E-state index >= 15 is 0 Å². The van der Waals surface area contributed by atoms with Crippen molar-refractivity contribution in [2.45, 2.75) is 20.5 Å². The van der Waals surface area contributed by atoms with Crippen molar-refractivity contribution in [1.29, 1.82) is 0 Å². The summed E-state index contributed by atoms with van der Waals surface area (Å²) in [4.78, 5) is 20.8. The molecular weight excluding hydrogens is 322 g/mol. The molecule has 0 atom stereocenters. The van der Waals surface area contributed by atoms with Crippen LogP contribution in [0.4, 0.5) is 5.69 Å². The molecular formula is C18H17N3O2S. The highest BCUT2D eigenvalue weighted by Crippen LogP contribution is 2.28. The molecule has 3 aromatic rings. The molecule has 0 bridgehead atoms. The van der Waals surface area contributed by atoms with Crippen LogP contribution in [0.1, 0.15) is 27.2 Å². The van der Waals surface area contributed by atoms with Crippen LogP contribution in [0.2, 0.25) is 0 Å². The van der Waals surface area contributed by atoms with Gasteiger partial charge in [-0.2, -0.15) is 0 Å². The third kappa shape index (κ3) is 3.34. The first-order valence-electron chi connectivity index (χ1n) is 7.46. The van der Waals surface area contributed by atoms with Crippen LogP contribution >= 0.6 is 11.3 Å². The van der Waals surface area contributed by atoms with Crippen molar-refractivity contribution in [3.8, 4) is 10.6 Å². The highest BCUT2D eigenvalue weighted by atomic mass is 32.1. The fourth-order valence-corrected chi connectivity index (χ4v) is 3.31. The monoisotopic (exact) mass is 339 g/mol. The summed E-state index contributed by atoms with van der Waals surface area (Å²) in [5.41, 5.74) is 4.81. The third-order valence-corrected chi connectivity index (χ3v) is 4.55. The van der Waals surface area contributed by atoms with Gasteiger partial charge in [0.1, 0.15) is 10.7 Å². The summed E-state index contributed by atoms with van der Waals surface area (Å²) in [6, 6.07) is 7.82. The number of benzene rings is 1. The summed E-state index contributed by atoms with van der Waals surface area (Å²) in [6.07, 6.45) is 3.09. The Bertz CT molecular complexity index is 889. The molecule has 1 amide bonds. The molecule has 0 aliphatic carbocycles. The van der Waals surface area contributed by atoms with Gasteiger partial charge in [-0.1, -0.05) is 23.8 Å². The van der Waals surface area contributed by atoms with Crippen molar-refractivity contribution < 1.29 is 9.90 Å². The lowest BCUT2D eigenvalue weighted by Crippen LogP contribution is -2.14. The van der Waals surface area contributed by atoms with Crippen LogP contribution in [-0.2, 0) is 6.61 Å². The molecule has 0 aliphatic heterocycles. The molecule has 5 nitrogen and oxygen atoms in total. The van der Waals surface area contributed by atoms with Crippen molar-refractivity contribution >= 4 is 22.9 Å². The van der Waals surface area contributed by atoms with E-state index in [0.29, 0.717) is 16.9 Å². The van der Waals surface area contributed by atoms with Crippen molar-refractivity contribution in [2.24, 2.45) is 0 Å². The Morgan fingerprint density at radius 2 is 2.12 bits per heavy atom. The average molecular weight is 339 g/mol. The number of hydrogen-bond donors (Lipinski definition) is 2. The second-order valence-corrected chi connectivity index (χ2v) is 6.36. The lowest BCUT2D eigenvalue weighted by Gasteiger charge is -2.07. The fraction of sp³-hybridized carbons (Fsp3) is 0.167. The van der Waals surface area contributed by atoms with Gasteiger partial charge in [0, 0.05) is 22.7 Å². The lowest BCUT2D eigenvalue weighted by molar-refractivity contribution is 0.102. The number of hydrogen-bond acceptors (Lipinski definition) is 5. The number of carbonyl (C=O) groups excluding carboxylic acids is 1. The van der Waals surface area contributed by atoms with Crippen molar-refractivity contribution in [3.63, 3.8) is 0 Å². The van der Waals surface area contributed by atoms with E-state index in [9.17, 15) is 9.90 Å². The molecule has 122 valence electrons. The Morgan fingerprint density at radius 1 is 1.29 bits per heavy atom. The second-order valence-electron chi connectivity index (χ2n) is 5.50. The Balaban J connectivity index is 1.83. The number of nitrogens with zero attached hydrogens (tertiary/aromatic N) is 2. The number of pyridine rings is 1. The molecule has 0 fully saturated rings. The van der Waals surface area contributed by atoms with E-state index in [-0.39, 0.29) is 12.5 Å². The van der Waals surface area contributed by atoms with E-state index in [1.165, 1.54) is 23.1 Å². The number of carbonyl (C=O) groups is 1. The van der Waals surface area contributed by atoms with E-state index in [1.807, 2.05) is 26.0 Å². The standard InChI is InChI=1S/C18H17N3O2S/c1-11-3-4-14(12(2)7-11)18-21-16(10-24-18)17(23)20-15-8-19-6-5-13(15)9-22/h3-8,10,22H,9H2,1-2H3,(H,20,23). The van der Waals surface area contributed by atoms with Crippen LogP contribution in [0.25, 0.3) is 10.6 Å². The summed E-state index contributed by atoms with van der Waals surface area (Å²) in [5, 5.41) is 14.6. The normalized spacial score (nSPS) is 10.6. The van der Waals surface area contributed by atoms with Gasteiger partial charge in [-0.05, 0) is 25.5 Å². The summed E-state index contributed by atoms with van der Waals surface area (Å²) in [6.45, 7) is 3.92. The molecule has 0 saturated heterocycles. The van der Waals surface area contributed by atoms with E-state index in [1.54, 1.807) is 17.6 Å². The molecule has 3 rings (SSSR count). The van der Waals surface area contributed by atoms with Crippen molar-refractivity contribution in [3.05, 3.63) is 64.4 Å². The quantitative estimate of drug-likeness (QED) is 0.762. The largest absolute Gasteiger partial charge is 0.392 e. The first-order valence-corrected chi connectivity index (χ1v) is 8.34. The number of nitrogens with one attached hydrogen (secondary N) is 1. The maximum absolute atomic E-state index is 12.4. The van der Waals surface area contributed by atoms with Crippen LogP contribution in [0.15, 0.2) is 42.0 Å². The zero-order valence-electron chi connectivity index (χ0n) is 13.4. The molecule has 0 saturated carbocycles. The van der Waals surface area contributed by atoms with Gasteiger partial charge in [0.2, 0.25) is 0 Å². The van der Waals surface area contributed by atoms with Crippen molar-refractivity contribution in [2.75, 3.05) is 5.32 Å². The smallest absolute Gasteiger partial charge is 0.275 e. The number of aliphatic hydroxyl groups excluding tert-OH is 1. The second kappa shape index (κ2) is 6.90. The van der Waals surface area contributed by atoms with E-state index in [0.717, 1.165) is 16.1 Å². The zero-order valence-corrected chi connectivity index (χ0v) is 14.2. The molecule has 0 spiro atoms. The molecule has 2 heterocycles. The molecule has 0 radical (unpaired) electrons. The van der Waals surface area contributed by atoms with Crippen molar-refractivity contribution in [1.82, 2.24) is 9.97 Å². The average Bonchev–Trinajstić information content (AvgIpc) is 3.05. The molecule has 6 heteroatoms. The van der Waals surface area contributed by atoms with Crippen LogP contribution in [0.5, 0.6) is 0 Å². The highest BCUT2D eigenvalue weighted by Gasteiger charge is 2.14. The Hall–Kier alpha value is -2.57. The number of aromatic nitrogens is 2. The van der Waals surface area contributed by atoms with Gasteiger partial charge in [-0.25, -0.2) is 4.98 Å². The Kier molecular flexibility index (Phi) is 4.69. The summed E-state index contributed by atoms with van der Waals surface area (Å²) < 4.78 is 0. The number of aliphatic hydroxyl groups is 1. The minimum absolute atomic E-state index is 0.164. The van der Waals surface area contributed by atoms with Crippen LogP contribution in [0.3, 0.4) is 0 Å². The molecule has 2 aromatic heterocycles. The predicted octanol–water partition coefficient (Wildman–Crippen LogP) is 3.57. The SMILES string of the molecule is Cc1ccc(-c2nc(C(=O)Nc3cnccc3CO)cs2)c(C)c1. The maximum atomic E-state index is 12.4. The lowest BCUT2D eigenvalue weighted by atomic mass is 10.1. The predicted molar refractivity (Wildman–Crippen MR) is 95.1 cm³/mol. The molecule has 1 aromatic carbocycles. The number of amides is 1. The Morgan fingerprint density at radius 3 is 2.88 bits per heavy atom. The first-order chi connectivity index (χ1) is 11.6. The van der Waals surface area contributed by atoms with Gasteiger partial charge in [0.05, 0.1) is 18.5 Å². The number of aryl methyl sites for hydroxylation is 2. The van der Waals surface area contributed by atoms with Crippen LogP contribution in [-0.4, -0.2) is 21.0 Å². The summed E-state index contributed by atoms with van der Waals surface area (Å²) in [5.74, 6) is -0.315. The first kappa shape index (κ1) is 16.3. The highest BCUT2D eigenvalue weighted by molar-refractivity contribution is 7.13. The minimum Gasteiger partial charge on any atom is -0.392 e. The van der Waals surface area contributed by atoms with Gasteiger partial charge in [-0.3, -0.25) is 9.78 Å². The molecule has 2 N–H and O–H groups in total. The van der Waals surface area contributed by atoms with E-state index in [2.05, 4.69) is 21.4 Å². The van der Waals surface area contributed by atoms with Crippen LogP contribution in [0, 0.1) is 13.8 Å². The van der Waals surface area contributed by atoms with E-state index < -0.39 is 0 Å². The summed E-state index contributed by atoms with van der Waals surface area (Å²) >= 11 is 1.43. The van der Waals surface area contributed by atoms with Gasteiger partial charge in [-0.15, -0.1) is 11.3 Å². The zero-order chi connectivity index (χ0) is 17.1. The molecule has 0 aliphatic rings. The number of thiazole rings is 1. The molecule has 0 unspecified atom stereocenters. The summed E-state index contributed by atoms with van der Waals surface area (Å²) in [7, 11) is 0. The topological polar surface area (TPSA) is 75.1 Å². The third-order valence-electron chi connectivity index (χ3n) is 3.68. The fourth-order valence-electron chi connectivity index (χ4n) is 2.42. The van der Waals surface area contributed by atoms with Gasteiger partial charge in [0.25, 0.3) is 5.91 Å². The Labute approximate surface area is 144 Å². The molecule has 24 heavy (non-hydrogen) atoms. The van der Waals surface area contributed by atoms with Gasteiger partial charge >= 0.3 is 0 Å². The number of anilines is 1.